The van der Waals surface area contributed by atoms with Crippen LogP contribution in [0.15, 0.2) is 48.5 Å². The zero-order valence-corrected chi connectivity index (χ0v) is 15.7. The number of likely N-dealkylation sites (tertiary alicyclic amines) is 1. The quantitative estimate of drug-likeness (QED) is 0.514. The molecule has 9 heteroatoms. The fourth-order valence-corrected chi connectivity index (χ4v) is 3.51. The Hall–Kier alpha value is -4.06. The van der Waals surface area contributed by atoms with E-state index in [1.807, 2.05) is 6.07 Å². The van der Waals surface area contributed by atoms with E-state index in [2.05, 4.69) is 10.3 Å². The second-order valence-corrected chi connectivity index (χ2v) is 7.00. The van der Waals surface area contributed by atoms with Crippen LogP contribution in [0.5, 0.6) is 0 Å². The Morgan fingerprint density at radius 1 is 1.27 bits per heavy atom. The van der Waals surface area contributed by atoms with Crippen molar-refractivity contribution in [3.05, 3.63) is 75.6 Å². The molecule has 1 N–H and O–H groups in total. The molecule has 3 aromatic rings. The van der Waals surface area contributed by atoms with Crippen LogP contribution in [0.2, 0.25) is 0 Å². The predicted molar refractivity (Wildman–Crippen MR) is 107 cm³/mol. The molecule has 1 saturated heterocycles. The summed E-state index contributed by atoms with van der Waals surface area (Å²) in [6, 6.07) is 13.2. The summed E-state index contributed by atoms with van der Waals surface area (Å²) in [5, 5.41) is 23.9. The third-order valence-electron chi connectivity index (χ3n) is 5.03. The SMILES string of the molecule is N#Cc1cc(NC2CCN(Cc3ccc(F)cc3)C2=O)nc2ccc([N+](=O)[O-])cc12. The van der Waals surface area contributed by atoms with Gasteiger partial charge in [-0.25, -0.2) is 9.37 Å². The van der Waals surface area contributed by atoms with Crippen LogP contribution in [0.25, 0.3) is 10.9 Å². The van der Waals surface area contributed by atoms with E-state index in [9.17, 15) is 24.6 Å². The fraction of sp³-hybridized carbons (Fsp3) is 0.190. The maximum Gasteiger partial charge on any atom is 0.270 e. The van der Waals surface area contributed by atoms with Gasteiger partial charge in [0.15, 0.2) is 0 Å². The van der Waals surface area contributed by atoms with Crippen LogP contribution in [0.3, 0.4) is 0 Å². The first-order chi connectivity index (χ1) is 14.4. The molecule has 8 nitrogen and oxygen atoms in total. The molecule has 1 aliphatic rings. The second-order valence-electron chi connectivity index (χ2n) is 7.00. The summed E-state index contributed by atoms with van der Waals surface area (Å²) in [5.74, 6) is -0.0784. The highest BCUT2D eigenvalue weighted by molar-refractivity contribution is 5.90. The molecule has 4 rings (SSSR count). The number of anilines is 1. The van der Waals surface area contributed by atoms with Gasteiger partial charge in [0.1, 0.15) is 17.7 Å². The predicted octanol–water partition coefficient (Wildman–Crippen LogP) is 3.37. The van der Waals surface area contributed by atoms with Crippen molar-refractivity contribution in [2.24, 2.45) is 0 Å². The molecule has 2 heterocycles. The average Bonchev–Trinajstić information content (AvgIpc) is 3.08. The van der Waals surface area contributed by atoms with Crippen LogP contribution in [0.1, 0.15) is 17.5 Å². The highest BCUT2D eigenvalue weighted by atomic mass is 19.1. The number of amides is 1. The van der Waals surface area contributed by atoms with Crippen LogP contribution < -0.4 is 5.32 Å². The number of halogens is 1. The van der Waals surface area contributed by atoms with Crippen LogP contribution in [-0.4, -0.2) is 33.3 Å². The van der Waals surface area contributed by atoms with Crippen molar-refractivity contribution in [3.63, 3.8) is 0 Å². The molecule has 1 atom stereocenters. The van der Waals surface area contributed by atoms with Crippen molar-refractivity contribution in [2.75, 3.05) is 11.9 Å². The van der Waals surface area contributed by atoms with Gasteiger partial charge in [-0.05, 0) is 36.2 Å². The van der Waals surface area contributed by atoms with Gasteiger partial charge in [0, 0.05) is 30.6 Å². The van der Waals surface area contributed by atoms with Crippen molar-refractivity contribution in [3.8, 4) is 6.07 Å². The number of nitrogens with zero attached hydrogens (tertiary/aromatic N) is 4. The van der Waals surface area contributed by atoms with Gasteiger partial charge >= 0.3 is 0 Å². The van der Waals surface area contributed by atoms with E-state index in [1.165, 1.54) is 36.4 Å². The van der Waals surface area contributed by atoms with E-state index < -0.39 is 11.0 Å². The lowest BCUT2D eigenvalue weighted by molar-refractivity contribution is -0.384. The number of hydrogen-bond acceptors (Lipinski definition) is 6. The number of nitro benzene ring substituents is 1. The van der Waals surface area contributed by atoms with Gasteiger partial charge < -0.3 is 10.2 Å². The number of rotatable bonds is 5. The molecule has 150 valence electrons. The van der Waals surface area contributed by atoms with Gasteiger partial charge in [0.2, 0.25) is 5.91 Å². The zero-order valence-electron chi connectivity index (χ0n) is 15.7. The second kappa shape index (κ2) is 7.75. The third kappa shape index (κ3) is 3.75. The van der Waals surface area contributed by atoms with Crippen LogP contribution in [-0.2, 0) is 11.3 Å². The van der Waals surface area contributed by atoms with E-state index in [1.54, 1.807) is 17.0 Å². The Morgan fingerprint density at radius 2 is 2.03 bits per heavy atom. The first kappa shape index (κ1) is 19.3. The van der Waals surface area contributed by atoms with Gasteiger partial charge in [-0.1, -0.05) is 12.1 Å². The molecule has 30 heavy (non-hydrogen) atoms. The number of nitriles is 1. The molecule has 1 fully saturated rings. The van der Waals surface area contributed by atoms with E-state index in [0.29, 0.717) is 36.2 Å². The van der Waals surface area contributed by atoms with Crippen molar-refractivity contribution < 1.29 is 14.1 Å². The minimum atomic E-state index is -0.528. The Labute approximate surface area is 170 Å². The lowest BCUT2D eigenvalue weighted by Gasteiger charge is -2.18. The summed E-state index contributed by atoms with van der Waals surface area (Å²) < 4.78 is 13.1. The highest BCUT2D eigenvalue weighted by Gasteiger charge is 2.32. The average molecular weight is 405 g/mol. The minimum absolute atomic E-state index is 0.108. The van der Waals surface area contributed by atoms with E-state index >= 15 is 0 Å². The standard InChI is InChI=1S/C21H16FN5O3/c22-15-3-1-13(2-4-15)12-26-8-7-19(21(26)28)25-20-9-14(11-23)17-10-16(27(29)30)5-6-18(17)24-20/h1-6,9-10,19H,7-8,12H2,(H,24,25). The summed E-state index contributed by atoms with van der Waals surface area (Å²) >= 11 is 0. The maximum absolute atomic E-state index is 13.1. The molecule has 0 radical (unpaired) electrons. The van der Waals surface area contributed by atoms with Gasteiger partial charge in [-0.3, -0.25) is 14.9 Å². The van der Waals surface area contributed by atoms with Crippen LogP contribution in [0, 0.1) is 27.3 Å². The highest BCUT2D eigenvalue weighted by Crippen LogP contribution is 2.26. The molecule has 0 bridgehead atoms. The molecule has 1 aliphatic heterocycles. The minimum Gasteiger partial charge on any atom is -0.358 e. The molecule has 0 saturated carbocycles. The van der Waals surface area contributed by atoms with E-state index in [-0.39, 0.29) is 23.0 Å². The first-order valence-corrected chi connectivity index (χ1v) is 9.23. The van der Waals surface area contributed by atoms with Crippen LogP contribution in [0.4, 0.5) is 15.9 Å². The Balaban J connectivity index is 1.53. The third-order valence-corrected chi connectivity index (χ3v) is 5.03. The number of carbonyl (C=O) groups excluding carboxylic acids is 1. The number of aromatic nitrogens is 1. The van der Waals surface area contributed by atoms with Crippen molar-refractivity contribution >= 4 is 28.3 Å². The molecule has 1 unspecified atom stereocenters. The first-order valence-electron chi connectivity index (χ1n) is 9.23. The zero-order chi connectivity index (χ0) is 21.3. The van der Waals surface area contributed by atoms with Gasteiger partial charge in [0.05, 0.1) is 22.1 Å². The van der Waals surface area contributed by atoms with Crippen molar-refractivity contribution in [1.82, 2.24) is 9.88 Å². The molecular weight excluding hydrogens is 389 g/mol. The monoisotopic (exact) mass is 405 g/mol. The summed E-state index contributed by atoms with van der Waals surface area (Å²) in [5.41, 5.74) is 1.38. The molecular formula is C21H16FN5O3. The summed E-state index contributed by atoms with van der Waals surface area (Å²) in [7, 11) is 0. The smallest absolute Gasteiger partial charge is 0.270 e. The molecule has 1 aromatic heterocycles. The molecule has 2 aromatic carbocycles. The summed E-state index contributed by atoms with van der Waals surface area (Å²) in [6.07, 6.45) is 0.557. The Kier molecular flexibility index (Phi) is 4.98. The topological polar surface area (TPSA) is 112 Å². The van der Waals surface area contributed by atoms with E-state index in [4.69, 9.17) is 0 Å². The normalized spacial score (nSPS) is 15.9. The summed E-state index contributed by atoms with van der Waals surface area (Å²) in [6.45, 7) is 0.925. The number of nitro groups is 1. The fourth-order valence-electron chi connectivity index (χ4n) is 3.51. The number of non-ortho nitro benzene ring substituents is 1. The number of pyridine rings is 1. The van der Waals surface area contributed by atoms with Crippen LogP contribution >= 0.6 is 0 Å². The molecule has 0 spiro atoms. The Bertz CT molecular complexity index is 1190. The van der Waals surface area contributed by atoms with E-state index in [0.717, 1.165) is 5.56 Å². The van der Waals surface area contributed by atoms with Crippen molar-refractivity contribution in [1.29, 1.82) is 5.26 Å². The Morgan fingerprint density at radius 3 is 2.73 bits per heavy atom. The van der Waals surface area contributed by atoms with Gasteiger partial charge in [0.25, 0.3) is 5.69 Å². The number of benzene rings is 2. The maximum atomic E-state index is 13.1. The van der Waals surface area contributed by atoms with Gasteiger partial charge in [-0.15, -0.1) is 0 Å². The number of carbonyl (C=O) groups is 1. The lowest BCUT2D eigenvalue weighted by atomic mass is 10.1. The molecule has 0 aliphatic carbocycles. The number of hydrogen-bond donors (Lipinski definition) is 1. The van der Waals surface area contributed by atoms with Gasteiger partial charge in [-0.2, -0.15) is 5.26 Å². The number of nitrogens with one attached hydrogen (secondary N) is 1. The number of fused-ring (bicyclic) bond motifs is 1. The van der Waals surface area contributed by atoms with Crippen molar-refractivity contribution in [2.45, 2.75) is 19.0 Å². The summed E-state index contributed by atoms with van der Waals surface area (Å²) in [4.78, 5) is 29.3. The lowest BCUT2D eigenvalue weighted by Crippen LogP contribution is -2.33. The molecule has 1 amide bonds. The largest absolute Gasteiger partial charge is 0.358 e.